The van der Waals surface area contributed by atoms with E-state index in [0.717, 1.165) is 22.2 Å². The molecule has 4 aromatic rings. The van der Waals surface area contributed by atoms with E-state index in [1.54, 1.807) is 24.7 Å². The molecule has 5 nitrogen and oxygen atoms in total. The van der Waals surface area contributed by atoms with Gasteiger partial charge in [-0.3, -0.25) is 9.78 Å². The van der Waals surface area contributed by atoms with Crippen LogP contribution < -0.4 is 0 Å². The summed E-state index contributed by atoms with van der Waals surface area (Å²) < 4.78 is 18.7. The molecule has 1 amide bonds. The number of rotatable bonds is 3. The van der Waals surface area contributed by atoms with Crippen molar-refractivity contribution >= 4 is 11.4 Å². The molecule has 0 atom stereocenters. The second kappa shape index (κ2) is 5.81. The average Bonchev–Trinajstić information content (AvgIpc) is 3.26. The van der Waals surface area contributed by atoms with Crippen LogP contribution in [0.1, 0.15) is 24.4 Å². The summed E-state index contributed by atoms with van der Waals surface area (Å²) in [5, 5.41) is 0. The first-order valence-electron chi connectivity index (χ1n) is 9.32. The number of hydrogen-bond donors (Lipinski definition) is 0. The van der Waals surface area contributed by atoms with Crippen molar-refractivity contribution in [3.05, 3.63) is 90.3 Å². The lowest BCUT2D eigenvalue weighted by molar-refractivity contribution is 0.0766. The van der Waals surface area contributed by atoms with Crippen LogP contribution in [0.15, 0.2) is 73.4 Å². The van der Waals surface area contributed by atoms with Gasteiger partial charge in [0.2, 0.25) is 0 Å². The molecule has 0 bridgehead atoms. The van der Waals surface area contributed by atoms with E-state index in [-0.39, 0.29) is 18.1 Å². The highest BCUT2D eigenvalue weighted by molar-refractivity contribution is 5.97. The van der Waals surface area contributed by atoms with Gasteiger partial charge in [-0.15, -0.1) is 0 Å². The average molecular weight is 342 g/mol. The fraction of sp³-hybridized carbons (Fsp3) is 0.0952. The Balaban J connectivity index is 1.42. The van der Waals surface area contributed by atoms with Crippen LogP contribution in [0.3, 0.4) is 0 Å². The number of imidazole rings is 1. The molecule has 0 radical (unpaired) electrons. The molecule has 26 heavy (non-hydrogen) atoms. The summed E-state index contributed by atoms with van der Waals surface area (Å²) in [5.74, 6) is -0.331. The van der Waals surface area contributed by atoms with Gasteiger partial charge in [0.05, 0.1) is 38.5 Å². The SMILES string of the molecule is [2H]C1([2H])c2ncccc2C(=O)N1Cc1ccc(-c2ccc3cncn3c2)cc1. The van der Waals surface area contributed by atoms with Crippen LogP contribution in [0, 0.1) is 0 Å². The van der Waals surface area contributed by atoms with Crippen molar-refractivity contribution < 1.29 is 7.54 Å². The van der Waals surface area contributed by atoms with Crippen LogP contribution in [0.4, 0.5) is 0 Å². The van der Waals surface area contributed by atoms with Crippen LogP contribution in [-0.4, -0.2) is 25.2 Å². The monoisotopic (exact) mass is 342 g/mol. The van der Waals surface area contributed by atoms with Gasteiger partial charge in [-0.2, -0.15) is 0 Å². The molecule has 0 saturated heterocycles. The molecule has 5 rings (SSSR count). The first-order valence-corrected chi connectivity index (χ1v) is 8.32. The summed E-state index contributed by atoms with van der Waals surface area (Å²) in [5.41, 5.74) is 4.50. The Hall–Kier alpha value is -3.47. The maximum Gasteiger partial charge on any atom is 0.256 e. The quantitative estimate of drug-likeness (QED) is 0.572. The maximum absolute atomic E-state index is 12.6. The predicted molar refractivity (Wildman–Crippen MR) is 98.4 cm³/mol. The second-order valence-corrected chi connectivity index (χ2v) is 6.24. The van der Waals surface area contributed by atoms with Crippen molar-refractivity contribution in [2.45, 2.75) is 13.0 Å². The van der Waals surface area contributed by atoms with Gasteiger partial charge in [-0.1, -0.05) is 30.3 Å². The van der Waals surface area contributed by atoms with Gasteiger partial charge >= 0.3 is 0 Å². The summed E-state index contributed by atoms with van der Waals surface area (Å²) in [4.78, 5) is 22.1. The topological polar surface area (TPSA) is 50.5 Å². The molecule has 0 unspecified atom stereocenters. The molecular formula is C21H16N4O. The van der Waals surface area contributed by atoms with E-state index in [0.29, 0.717) is 5.56 Å². The predicted octanol–water partition coefficient (Wildman–Crippen LogP) is 3.55. The number of pyridine rings is 2. The van der Waals surface area contributed by atoms with E-state index in [1.807, 2.05) is 47.0 Å². The molecule has 0 fully saturated rings. The van der Waals surface area contributed by atoms with Crippen LogP contribution in [-0.2, 0) is 13.0 Å². The van der Waals surface area contributed by atoms with E-state index in [2.05, 4.69) is 9.97 Å². The lowest BCUT2D eigenvalue weighted by atomic mass is 10.1. The Labute approximate surface area is 153 Å². The Morgan fingerprint density at radius 1 is 1.08 bits per heavy atom. The third-order valence-electron chi connectivity index (χ3n) is 4.56. The minimum Gasteiger partial charge on any atom is -0.328 e. The van der Waals surface area contributed by atoms with Crippen LogP contribution in [0.2, 0.25) is 0 Å². The molecule has 1 aromatic carbocycles. The smallest absolute Gasteiger partial charge is 0.256 e. The zero-order valence-corrected chi connectivity index (χ0v) is 13.8. The molecule has 0 spiro atoms. The molecule has 0 saturated carbocycles. The van der Waals surface area contributed by atoms with E-state index in [4.69, 9.17) is 2.74 Å². The molecular weight excluding hydrogens is 324 g/mol. The van der Waals surface area contributed by atoms with E-state index in [1.165, 1.54) is 11.1 Å². The van der Waals surface area contributed by atoms with E-state index >= 15 is 0 Å². The Morgan fingerprint density at radius 3 is 2.77 bits per heavy atom. The Morgan fingerprint density at radius 2 is 1.92 bits per heavy atom. The number of amides is 1. The molecule has 1 aliphatic rings. The molecule has 0 N–H and O–H groups in total. The number of carbonyl (C=O) groups is 1. The highest BCUT2D eigenvalue weighted by Crippen LogP contribution is 2.24. The zero-order valence-electron chi connectivity index (χ0n) is 15.8. The minimum absolute atomic E-state index is 0.184. The molecule has 5 heteroatoms. The van der Waals surface area contributed by atoms with E-state index < -0.39 is 6.50 Å². The Kier molecular flexibility index (Phi) is 2.87. The highest BCUT2D eigenvalue weighted by atomic mass is 16.2. The molecule has 3 aromatic heterocycles. The number of benzene rings is 1. The van der Waals surface area contributed by atoms with Gasteiger partial charge in [-0.05, 0) is 34.9 Å². The fourth-order valence-electron chi connectivity index (χ4n) is 3.18. The maximum atomic E-state index is 12.6. The summed E-state index contributed by atoms with van der Waals surface area (Å²) in [6.07, 6.45) is 7.10. The lowest BCUT2D eigenvalue weighted by Crippen LogP contribution is -2.23. The van der Waals surface area contributed by atoms with Crippen molar-refractivity contribution in [2.75, 3.05) is 0 Å². The zero-order chi connectivity index (χ0) is 19.3. The first-order chi connectivity index (χ1) is 13.5. The standard InChI is InChI=1S/C21H16N4O/c26-21-19-2-1-9-23-20(19)13-24(21)11-15-3-5-16(6-4-15)17-7-8-18-10-22-14-25(18)12-17/h1-10,12,14H,11,13H2/i13D2. The van der Waals surface area contributed by atoms with Gasteiger partial charge in [-0.25, -0.2) is 4.98 Å². The van der Waals surface area contributed by atoms with Crippen molar-refractivity contribution in [2.24, 2.45) is 0 Å². The number of fused-ring (bicyclic) bond motifs is 2. The van der Waals surface area contributed by atoms with Crippen LogP contribution in [0.25, 0.3) is 16.6 Å². The first kappa shape index (κ1) is 12.8. The van der Waals surface area contributed by atoms with Crippen molar-refractivity contribution in [1.82, 2.24) is 19.3 Å². The van der Waals surface area contributed by atoms with Crippen molar-refractivity contribution in [3.63, 3.8) is 0 Å². The molecule has 0 aliphatic carbocycles. The summed E-state index contributed by atoms with van der Waals surface area (Å²) in [6, 6.07) is 15.1. The third kappa shape index (κ3) is 2.45. The Bertz CT molecular complexity index is 1200. The van der Waals surface area contributed by atoms with Crippen molar-refractivity contribution in [1.29, 1.82) is 0 Å². The second-order valence-electron chi connectivity index (χ2n) is 6.24. The number of carbonyl (C=O) groups excluding carboxylic acids is 1. The number of hydrogen-bond acceptors (Lipinski definition) is 3. The summed E-state index contributed by atoms with van der Waals surface area (Å²) >= 11 is 0. The number of aromatic nitrogens is 3. The number of nitrogens with zero attached hydrogens (tertiary/aromatic N) is 4. The van der Waals surface area contributed by atoms with Gasteiger partial charge in [0.25, 0.3) is 5.91 Å². The van der Waals surface area contributed by atoms with E-state index in [9.17, 15) is 4.79 Å². The van der Waals surface area contributed by atoms with Gasteiger partial charge in [0.15, 0.2) is 0 Å². The normalized spacial score (nSPS) is 16.5. The van der Waals surface area contributed by atoms with Gasteiger partial charge < -0.3 is 9.30 Å². The summed E-state index contributed by atoms with van der Waals surface area (Å²) in [7, 11) is 0. The van der Waals surface area contributed by atoms with Gasteiger partial charge in [0, 0.05) is 18.9 Å². The highest BCUT2D eigenvalue weighted by Gasteiger charge is 2.27. The minimum atomic E-state index is -1.92. The van der Waals surface area contributed by atoms with Crippen LogP contribution >= 0.6 is 0 Å². The molecule has 4 heterocycles. The third-order valence-corrected chi connectivity index (χ3v) is 4.56. The summed E-state index contributed by atoms with van der Waals surface area (Å²) in [6.45, 7) is -1.73. The van der Waals surface area contributed by atoms with Crippen molar-refractivity contribution in [3.8, 4) is 11.1 Å². The largest absolute Gasteiger partial charge is 0.328 e. The van der Waals surface area contributed by atoms with Crippen LogP contribution in [0.5, 0.6) is 0 Å². The molecule has 126 valence electrons. The lowest BCUT2D eigenvalue weighted by Gasteiger charge is -2.15. The fourth-order valence-corrected chi connectivity index (χ4v) is 3.18. The molecule has 1 aliphatic heterocycles. The van der Waals surface area contributed by atoms with Gasteiger partial charge in [0.1, 0.15) is 0 Å².